The molecule has 0 amide bonds. The summed E-state index contributed by atoms with van der Waals surface area (Å²) >= 11 is 0. The molecular formula is C10H21O4. The van der Waals surface area contributed by atoms with E-state index in [-0.39, 0.29) is 6.42 Å². The minimum Gasteiger partial charge on any atom is -0.393 e. The molecule has 0 aliphatic carbocycles. The summed E-state index contributed by atoms with van der Waals surface area (Å²) in [4.78, 5) is 0. The molecule has 4 heteroatoms. The first-order valence-corrected chi connectivity index (χ1v) is 4.76. The number of rotatable bonds is 5. The Morgan fingerprint density at radius 1 is 1.21 bits per heavy atom. The van der Waals surface area contributed by atoms with Crippen LogP contribution in [0.25, 0.3) is 0 Å². The van der Waals surface area contributed by atoms with Crippen LogP contribution in [0.1, 0.15) is 27.2 Å². The van der Waals surface area contributed by atoms with Crippen LogP contribution in [0.2, 0.25) is 0 Å². The highest BCUT2D eigenvalue weighted by Crippen LogP contribution is 2.19. The molecule has 0 spiro atoms. The maximum atomic E-state index is 9.55. The summed E-state index contributed by atoms with van der Waals surface area (Å²) in [5, 5.41) is 37.5. The average molecular weight is 205 g/mol. The van der Waals surface area contributed by atoms with Crippen LogP contribution in [0.4, 0.5) is 0 Å². The van der Waals surface area contributed by atoms with Gasteiger partial charge in [-0.15, -0.1) is 0 Å². The Morgan fingerprint density at radius 2 is 1.64 bits per heavy atom. The van der Waals surface area contributed by atoms with Crippen LogP contribution in [-0.4, -0.2) is 44.3 Å². The SMILES string of the molecule is [CH2]C(O)C(C)C(O)CC(O)C(C)(C)O. The number of aliphatic hydroxyl groups excluding tert-OH is 3. The van der Waals surface area contributed by atoms with Crippen LogP contribution >= 0.6 is 0 Å². The van der Waals surface area contributed by atoms with Crippen molar-refractivity contribution in [2.24, 2.45) is 5.92 Å². The quantitative estimate of drug-likeness (QED) is 0.497. The summed E-state index contributed by atoms with van der Waals surface area (Å²) in [5.41, 5.74) is -1.24. The van der Waals surface area contributed by atoms with Crippen molar-refractivity contribution in [1.29, 1.82) is 0 Å². The van der Waals surface area contributed by atoms with E-state index in [0.29, 0.717) is 0 Å². The van der Waals surface area contributed by atoms with Crippen LogP contribution in [0.3, 0.4) is 0 Å². The van der Waals surface area contributed by atoms with Gasteiger partial charge in [-0.05, 0) is 20.8 Å². The molecule has 0 bridgehead atoms. The summed E-state index contributed by atoms with van der Waals surface area (Å²) in [7, 11) is 0. The van der Waals surface area contributed by atoms with Crippen LogP contribution < -0.4 is 0 Å². The van der Waals surface area contributed by atoms with Crippen LogP contribution in [0.15, 0.2) is 0 Å². The van der Waals surface area contributed by atoms with Gasteiger partial charge in [0.05, 0.1) is 23.9 Å². The van der Waals surface area contributed by atoms with E-state index in [4.69, 9.17) is 5.11 Å². The van der Waals surface area contributed by atoms with Gasteiger partial charge in [-0.1, -0.05) is 6.92 Å². The fourth-order valence-corrected chi connectivity index (χ4v) is 0.988. The van der Waals surface area contributed by atoms with Gasteiger partial charge in [0.15, 0.2) is 0 Å². The van der Waals surface area contributed by atoms with Gasteiger partial charge in [0, 0.05) is 12.3 Å². The van der Waals surface area contributed by atoms with Gasteiger partial charge in [-0.2, -0.15) is 0 Å². The van der Waals surface area contributed by atoms with Crippen molar-refractivity contribution in [3.05, 3.63) is 6.92 Å². The third kappa shape index (κ3) is 4.37. The second-order valence-electron chi connectivity index (χ2n) is 4.40. The van der Waals surface area contributed by atoms with Gasteiger partial charge >= 0.3 is 0 Å². The highest BCUT2D eigenvalue weighted by atomic mass is 16.3. The molecule has 4 unspecified atom stereocenters. The first-order valence-electron chi connectivity index (χ1n) is 4.76. The predicted octanol–water partition coefficient (Wildman–Crippen LogP) is -0.300. The van der Waals surface area contributed by atoms with Gasteiger partial charge in [0.25, 0.3) is 0 Å². The maximum Gasteiger partial charge on any atom is 0.0850 e. The Kier molecular flexibility index (Phi) is 5.01. The molecule has 4 atom stereocenters. The molecule has 0 rings (SSSR count). The monoisotopic (exact) mass is 205 g/mol. The third-order valence-corrected chi connectivity index (χ3v) is 2.49. The second-order valence-corrected chi connectivity index (χ2v) is 4.40. The smallest absolute Gasteiger partial charge is 0.0850 e. The van der Waals surface area contributed by atoms with Crippen molar-refractivity contribution in [1.82, 2.24) is 0 Å². The highest BCUT2D eigenvalue weighted by Gasteiger charge is 2.29. The summed E-state index contributed by atoms with van der Waals surface area (Å²) in [6.45, 7) is 7.95. The number of hydrogen-bond donors (Lipinski definition) is 4. The van der Waals surface area contributed by atoms with E-state index >= 15 is 0 Å². The van der Waals surface area contributed by atoms with Crippen molar-refractivity contribution in [3.63, 3.8) is 0 Å². The van der Waals surface area contributed by atoms with Gasteiger partial charge in [0.1, 0.15) is 0 Å². The molecule has 4 N–H and O–H groups in total. The van der Waals surface area contributed by atoms with Gasteiger partial charge in [-0.3, -0.25) is 0 Å². The number of hydrogen-bond acceptors (Lipinski definition) is 4. The standard InChI is InChI=1S/C10H21O4/c1-6(7(2)11)8(12)5-9(13)10(3,4)14/h6-9,11-14H,2,5H2,1,3-4H3. The zero-order valence-corrected chi connectivity index (χ0v) is 9.01. The lowest BCUT2D eigenvalue weighted by Crippen LogP contribution is -2.41. The van der Waals surface area contributed by atoms with E-state index in [9.17, 15) is 15.3 Å². The first-order chi connectivity index (χ1) is 6.16. The van der Waals surface area contributed by atoms with Gasteiger partial charge < -0.3 is 20.4 Å². The minimum atomic E-state index is -1.24. The highest BCUT2D eigenvalue weighted by molar-refractivity contribution is 4.82. The molecule has 0 saturated carbocycles. The molecule has 0 aliphatic rings. The van der Waals surface area contributed by atoms with Gasteiger partial charge in [-0.25, -0.2) is 0 Å². The third-order valence-electron chi connectivity index (χ3n) is 2.49. The lowest BCUT2D eigenvalue weighted by atomic mass is 9.89. The molecule has 0 saturated heterocycles. The fraction of sp³-hybridized carbons (Fsp3) is 0.900. The molecule has 85 valence electrons. The van der Waals surface area contributed by atoms with E-state index in [1.807, 2.05) is 0 Å². The minimum absolute atomic E-state index is 0.0250. The maximum absolute atomic E-state index is 9.55. The zero-order valence-electron chi connectivity index (χ0n) is 9.01. The summed E-state index contributed by atoms with van der Waals surface area (Å²) in [6.07, 6.45) is -2.74. The van der Waals surface area contributed by atoms with Crippen molar-refractivity contribution in [3.8, 4) is 0 Å². The summed E-state index contributed by atoms with van der Waals surface area (Å²) in [5.74, 6) is -0.424. The average Bonchev–Trinajstić information content (AvgIpc) is 2.00. The van der Waals surface area contributed by atoms with E-state index < -0.39 is 29.8 Å². The summed E-state index contributed by atoms with van der Waals surface area (Å²) < 4.78 is 0. The molecular weight excluding hydrogens is 184 g/mol. The molecule has 0 aromatic heterocycles. The Morgan fingerprint density at radius 3 is 1.93 bits per heavy atom. The van der Waals surface area contributed by atoms with Gasteiger partial charge in [0.2, 0.25) is 0 Å². The van der Waals surface area contributed by atoms with E-state index in [1.54, 1.807) is 6.92 Å². The molecule has 0 heterocycles. The Hall–Kier alpha value is -0.160. The van der Waals surface area contributed by atoms with Crippen LogP contribution in [0.5, 0.6) is 0 Å². The molecule has 14 heavy (non-hydrogen) atoms. The Labute approximate surface area is 85.2 Å². The van der Waals surface area contributed by atoms with E-state index in [2.05, 4.69) is 6.92 Å². The molecule has 1 radical (unpaired) electrons. The van der Waals surface area contributed by atoms with Crippen LogP contribution in [0, 0.1) is 12.8 Å². The first kappa shape index (κ1) is 13.8. The topological polar surface area (TPSA) is 80.9 Å². The van der Waals surface area contributed by atoms with Crippen molar-refractivity contribution in [2.45, 2.75) is 51.1 Å². The largest absolute Gasteiger partial charge is 0.393 e. The molecule has 0 fully saturated rings. The van der Waals surface area contributed by atoms with Crippen LogP contribution in [-0.2, 0) is 0 Å². The fourth-order valence-electron chi connectivity index (χ4n) is 0.988. The zero-order chi connectivity index (χ0) is 11.5. The summed E-state index contributed by atoms with van der Waals surface area (Å²) in [6, 6.07) is 0. The van der Waals surface area contributed by atoms with Crippen molar-refractivity contribution >= 4 is 0 Å². The Bertz CT molecular complexity index is 162. The molecule has 0 aliphatic heterocycles. The predicted molar refractivity (Wildman–Crippen MR) is 53.5 cm³/mol. The molecule has 0 aromatic rings. The van der Waals surface area contributed by atoms with E-state index in [1.165, 1.54) is 13.8 Å². The van der Waals surface area contributed by atoms with Crippen molar-refractivity contribution in [2.75, 3.05) is 0 Å². The lowest BCUT2D eigenvalue weighted by Gasteiger charge is -2.29. The Balaban J connectivity index is 4.12. The lowest BCUT2D eigenvalue weighted by molar-refractivity contribution is -0.0796. The number of aliphatic hydroxyl groups is 4. The molecule has 4 nitrogen and oxygen atoms in total. The van der Waals surface area contributed by atoms with Crippen molar-refractivity contribution < 1.29 is 20.4 Å². The molecule has 0 aromatic carbocycles. The van der Waals surface area contributed by atoms with E-state index in [0.717, 1.165) is 0 Å². The normalized spacial score (nSPS) is 21.4. The second kappa shape index (κ2) is 5.07.